The second-order valence-electron chi connectivity index (χ2n) is 4.59. The third kappa shape index (κ3) is 3.29. The molecule has 1 aromatic rings. The van der Waals surface area contributed by atoms with E-state index in [1.54, 1.807) is 26.0 Å². The van der Waals surface area contributed by atoms with Gasteiger partial charge in [0, 0.05) is 13.6 Å². The molecule has 0 radical (unpaired) electrons. The Morgan fingerprint density at radius 3 is 2.40 bits per heavy atom. The summed E-state index contributed by atoms with van der Waals surface area (Å²) in [6.07, 6.45) is -0.00298. The molecule has 112 valence electrons. The van der Waals surface area contributed by atoms with Crippen LogP contribution in [0.2, 0.25) is 0 Å². The number of carbonyl (C=O) groups is 1. The zero-order chi connectivity index (χ0) is 15.5. The Morgan fingerprint density at radius 2 is 1.85 bits per heavy atom. The third-order valence-corrected chi connectivity index (χ3v) is 5.20. The summed E-state index contributed by atoms with van der Waals surface area (Å²) in [5.41, 5.74) is 7.42. The fourth-order valence-corrected chi connectivity index (χ4v) is 3.33. The van der Waals surface area contributed by atoms with Crippen LogP contribution in [0.15, 0.2) is 17.0 Å². The lowest BCUT2D eigenvalue weighted by atomic mass is 10.1. The largest absolute Gasteiger partial charge is 0.469 e. The number of carbonyl (C=O) groups excluding carboxylic acids is 1. The van der Waals surface area contributed by atoms with E-state index in [0.29, 0.717) is 11.1 Å². The number of rotatable bonds is 5. The molecule has 0 unspecified atom stereocenters. The number of benzene rings is 1. The number of aryl methyl sites for hydroxylation is 2. The standard InChI is InChI=1S/C13H20N2O4S/c1-9-5-6-10(2)13(12(9)14)20(17,18)15(3)8-7-11(16)19-4/h5-6H,7-8,14H2,1-4H3. The molecule has 0 bridgehead atoms. The SMILES string of the molecule is COC(=O)CCN(C)S(=O)(=O)c1c(C)ccc(C)c1N. The first-order valence-corrected chi connectivity index (χ1v) is 7.54. The molecule has 0 saturated heterocycles. The molecule has 0 aromatic heterocycles. The average Bonchev–Trinajstić information content (AvgIpc) is 2.39. The minimum Gasteiger partial charge on any atom is -0.469 e. The number of nitrogen functional groups attached to an aromatic ring is 1. The lowest BCUT2D eigenvalue weighted by molar-refractivity contribution is -0.140. The molecule has 0 aliphatic rings. The van der Waals surface area contributed by atoms with Crippen molar-refractivity contribution in [3.05, 3.63) is 23.3 Å². The van der Waals surface area contributed by atoms with Gasteiger partial charge in [-0.3, -0.25) is 4.79 Å². The van der Waals surface area contributed by atoms with E-state index in [-0.39, 0.29) is 23.5 Å². The molecule has 2 N–H and O–H groups in total. The predicted octanol–water partition coefficient (Wildman–Crippen LogP) is 1.07. The summed E-state index contributed by atoms with van der Waals surface area (Å²) in [6.45, 7) is 3.49. The number of nitrogens with zero attached hydrogens (tertiary/aromatic N) is 1. The minimum atomic E-state index is -3.73. The summed E-state index contributed by atoms with van der Waals surface area (Å²) >= 11 is 0. The molecule has 20 heavy (non-hydrogen) atoms. The normalized spacial score (nSPS) is 11.7. The van der Waals surface area contributed by atoms with Gasteiger partial charge < -0.3 is 10.5 Å². The van der Waals surface area contributed by atoms with Gasteiger partial charge in [0.15, 0.2) is 0 Å². The zero-order valence-corrected chi connectivity index (χ0v) is 13.0. The third-order valence-electron chi connectivity index (χ3n) is 3.14. The molecule has 0 fully saturated rings. The van der Waals surface area contributed by atoms with E-state index >= 15 is 0 Å². The van der Waals surface area contributed by atoms with E-state index in [1.165, 1.54) is 14.2 Å². The van der Waals surface area contributed by atoms with Crippen LogP contribution >= 0.6 is 0 Å². The Kier molecular flexibility index (Phi) is 5.13. The summed E-state index contributed by atoms with van der Waals surface area (Å²) in [5, 5.41) is 0. The predicted molar refractivity (Wildman–Crippen MR) is 76.8 cm³/mol. The molecule has 1 aromatic carbocycles. The van der Waals surface area contributed by atoms with Crippen LogP contribution in [0.1, 0.15) is 17.5 Å². The molecule has 0 atom stereocenters. The van der Waals surface area contributed by atoms with Crippen molar-refractivity contribution in [2.24, 2.45) is 0 Å². The molecular formula is C13H20N2O4S. The van der Waals surface area contributed by atoms with E-state index in [4.69, 9.17) is 5.73 Å². The first-order chi connectivity index (χ1) is 9.21. The summed E-state index contributed by atoms with van der Waals surface area (Å²) in [6, 6.07) is 3.49. The first kappa shape index (κ1) is 16.5. The highest BCUT2D eigenvalue weighted by molar-refractivity contribution is 7.89. The van der Waals surface area contributed by atoms with Crippen LogP contribution in [0.5, 0.6) is 0 Å². The number of esters is 1. The Bertz CT molecular complexity index is 611. The van der Waals surface area contributed by atoms with Crippen molar-refractivity contribution in [1.82, 2.24) is 4.31 Å². The summed E-state index contributed by atoms with van der Waals surface area (Å²) < 4.78 is 30.7. The minimum absolute atomic E-state index is 0.00298. The summed E-state index contributed by atoms with van der Waals surface area (Å²) in [5.74, 6) is -0.457. The lowest BCUT2D eigenvalue weighted by Gasteiger charge is -2.20. The van der Waals surface area contributed by atoms with Crippen LogP contribution in [0.3, 0.4) is 0 Å². The molecule has 0 aliphatic heterocycles. The maximum atomic E-state index is 12.5. The lowest BCUT2D eigenvalue weighted by Crippen LogP contribution is -2.30. The van der Waals surface area contributed by atoms with E-state index < -0.39 is 16.0 Å². The average molecular weight is 300 g/mol. The van der Waals surface area contributed by atoms with Gasteiger partial charge in [-0.1, -0.05) is 12.1 Å². The molecular weight excluding hydrogens is 280 g/mol. The second-order valence-corrected chi connectivity index (χ2v) is 6.58. The van der Waals surface area contributed by atoms with E-state index in [1.807, 2.05) is 0 Å². The highest BCUT2D eigenvalue weighted by Crippen LogP contribution is 2.28. The van der Waals surface area contributed by atoms with Gasteiger partial charge in [-0.05, 0) is 25.0 Å². The van der Waals surface area contributed by atoms with Crippen LogP contribution in [-0.2, 0) is 19.6 Å². The summed E-state index contributed by atoms with van der Waals surface area (Å²) in [7, 11) is -1.05. The van der Waals surface area contributed by atoms with Crippen LogP contribution in [0.4, 0.5) is 5.69 Å². The quantitative estimate of drug-likeness (QED) is 0.649. The van der Waals surface area contributed by atoms with Crippen molar-refractivity contribution in [2.75, 3.05) is 26.4 Å². The molecule has 6 nitrogen and oxygen atoms in total. The Labute approximate surface area is 119 Å². The van der Waals surface area contributed by atoms with Gasteiger partial charge in [-0.15, -0.1) is 0 Å². The van der Waals surface area contributed by atoms with Crippen LogP contribution in [-0.4, -0.2) is 39.4 Å². The van der Waals surface area contributed by atoms with Crippen molar-refractivity contribution < 1.29 is 17.9 Å². The Hall–Kier alpha value is -1.60. The van der Waals surface area contributed by atoms with Crippen molar-refractivity contribution in [1.29, 1.82) is 0 Å². The number of hydrogen-bond acceptors (Lipinski definition) is 5. The number of methoxy groups -OCH3 is 1. The van der Waals surface area contributed by atoms with Crippen molar-refractivity contribution in [2.45, 2.75) is 25.2 Å². The fourth-order valence-electron chi connectivity index (χ4n) is 1.78. The van der Waals surface area contributed by atoms with Gasteiger partial charge >= 0.3 is 5.97 Å². The number of ether oxygens (including phenoxy) is 1. The van der Waals surface area contributed by atoms with Gasteiger partial charge in [0.1, 0.15) is 4.90 Å². The number of nitrogens with two attached hydrogens (primary N) is 1. The smallest absolute Gasteiger partial charge is 0.306 e. The second kappa shape index (κ2) is 6.23. The Balaban J connectivity index is 3.11. The molecule has 1 rings (SSSR count). The molecule has 0 heterocycles. The molecule has 0 amide bonds. The van der Waals surface area contributed by atoms with Crippen LogP contribution < -0.4 is 5.73 Å². The zero-order valence-electron chi connectivity index (χ0n) is 12.1. The first-order valence-electron chi connectivity index (χ1n) is 6.10. The van der Waals surface area contributed by atoms with Crippen LogP contribution in [0.25, 0.3) is 0 Å². The number of hydrogen-bond donors (Lipinski definition) is 1. The molecule has 0 saturated carbocycles. The van der Waals surface area contributed by atoms with Crippen molar-refractivity contribution >= 4 is 21.7 Å². The van der Waals surface area contributed by atoms with Crippen molar-refractivity contribution in [3.63, 3.8) is 0 Å². The number of anilines is 1. The highest BCUT2D eigenvalue weighted by atomic mass is 32.2. The van der Waals surface area contributed by atoms with E-state index in [2.05, 4.69) is 4.74 Å². The topological polar surface area (TPSA) is 89.7 Å². The molecule has 0 spiro atoms. The summed E-state index contributed by atoms with van der Waals surface area (Å²) in [4.78, 5) is 11.2. The monoisotopic (exact) mass is 300 g/mol. The van der Waals surface area contributed by atoms with Gasteiger partial charge in [0.05, 0.1) is 19.2 Å². The van der Waals surface area contributed by atoms with Gasteiger partial charge in [0.2, 0.25) is 10.0 Å². The van der Waals surface area contributed by atoms with Crippen LogP contribution in [0, 0.1) is 13.8 Å². The van der Waals surface area contributed by atoms with Gasteiger partial charge in [0.25, 0.3) is 0 Å². The van der Waals surface area contributed by atoms with E-state index in [0.717, 1.165) is 4.31 Å². The molecule has 7 heteroatoms. The fraction of sp³-hybridized carbons (Fsp3) is 0.462. The van der Waals surface area contributed by atoms with Gasteiger partial charge in [-0.2, -0.15) is 0 Å². The molecule has 0 aliphatic carbocycles. The number of sulfonamides is 1. The Morgan fingerprint density at radius 1 is 1.30 bits per heavy atom. The van der Waals surface area contributed by atoms with E-state index in [9.17, 15) is 13.2 Å². The maximum Gasteiger partial charge on any atom is 0.306 e. The van der Waals surface area contributed by atoms with Gasteiger partial charge in [-0.25, -0.2) is 12.7 Å². The van der Waals surface area contributed by atoms with Crippen molar-refractivity contribution in [3.8, 4) is 0 Å². The maximum absolute atomic E-state index is 12.5. The highest BCUT2D eigenvalue weighted by Gasteiger charge is 2.26.